The minimum absolute atomic E-state index is 0.241. The lowest BCUT2D eigenvalue weighted by Crippen LogP contribution is -1.98. The van der Waals surface area contributed by atoms with Crippen LogP contribution in [0, 0.1) is 0 Å². The van der Waals surface area contributed by atoms with Gasteiger partial charge in [-0.2, -0.15) is 0 Å². The Labute approximate surface area is 137 Å². The number of hydrogen-bond donors (Lipinski definition) is 2. The molecule has 0 aliphatic carbocycles. The van der Waals surface area contributed by atoms with Crippen molar-refractivity contribution in [3.8, 4) is 28.1 Å². The van der Waals surface area contributed by atoms with Gasteiger partial charge < -0.3 is 15.4 Å². The first-order chi connectivity index (χ1) is 11.1. The number of anilines is 1. The lowest BCUT2D eigenvalue weighted by Gasteiger charge is -2.05. The number of aromatic nitrogens is 1. The van der Waals surface area contributed by atoms with Gasteiger partial charge in [0.25, 0.3) is 0 Å². The van der Waals surface area contributed by atoms with Crippen LogP contribution in [0.1, 0.15) is 18.9 Å². The molecule has 0 saturated carbocycles. The Morgan fingerprint density at radius 1 is 1.00 bits per heavy atom. The van der Waals surface area contributed by atoms with Crippen LogP contribution in [-0.4, -0.2) is 9.67 Å². The van der Waals surface area contributed by atoms with Crippen LogP contribution in [0.5, 0.6) is 5.75 Å². The van der Waals surface area contributed by atoms with Crippen LogP contribution < -0.4 is 5.73 Å². The van der Waals surface area contributed by atoms with Crippen molar-refractivity contribution in [2.45, 2.75) is 19.8 Å². The SMILES string of the molecule is CCCc1cccc(-c2c(O)c(-c3ccccc3)n(C)c2N)c1. The summed E-state index contributed by atoms with van der Waals surface area (Å²) >= 11 is 0. The van der Waals surface area contributed by atoms with Gasteiger partial charge in [0.05, 0.1) is 11.3 Å². The fraction of sp³-hybridized carbons (Fsp3) is 0.200. The van der Waals surface area contributed by atoms with E-state index in [-0.39, 0.29) is 5.75 Å². The third-order valence-electron chi connectivity index (χ3n) is 4.22. The highest BCUT2D eigenvalue weighted by Gasteiger charge is 2.21. The van der Waals surface area contributed by atoms with Gasteiger partial charge in [0, 0.05) is 12.6 Å². The Balaban J connectivity index is 2.16. The van der Waals surface area contributed by atoms with Crippen LogP contribution in [0.15, 0.2) is 54.6 Å². The first kappa shape index (κ1) is 15.2. The van der Waals surface area contributed by atoms with Gasteiger partial charge in [0.1, 0.15) is 5.82 Å². The Morgan fingerprint density at radius 2 is 1.70 bits per heavy atom. The normalized spacial score (nSPS) is 10.9. The molecule has 0 aliphatic rings. The predicted octanol–water partition coefficient (Wildman–Crippen LogP) is 4.60. The maximum Gasteiger partial charge on any atom is 0.151 e. The number of hydrogen-bond acceptors (Lipinski definition) is 2. The van der Waals surface area contributed by atoms with Gasteiger partial charge in [-0.05, 0) is 17.5 Å². The fourth-order valence-corrected chi connectivity index (χ4v) is 3.07. The number of benzene rings is 2. The van der Waals surface area contributed by atoms with E-state index in [9.17, 15) is 5.11 Å². The largest absolute Gasteiger partial charge is 0.505 e. The van der Waals surface area contributed by atoms with Crippen LogP contribution in [0.3, 0.4) is 0 Å². The summed E-state index contributed by atoms with van der Waals surface area (Å²) in [6.07, 6.45) is 2.11. The summed E-state index contributed by atoms with van der Waals surface area (Å²) in [5.41, 5.74) is 10.9. The van der Waals surface area contributed by atoms with E-state index < -0.39 is 0 Å². The van der Waals surface area contributed by atoms with Crippen molar-refractivity contribution in [3.05, 3.63) is 60.2 Å². The molecule has 0 radical (unpaired) electrons. The summed E-state index contributed by atoms with van der Waals surface area (Å²) in [7, 11) is 1.89. The molecule has 118 valence electrons. The summed E-state index contributed by atoms with van der Waals surface area (Å²) in [5.74, 6) is 0.819. The summed E-state index contributed by atoms with van der Waals surface area (Å²) in [6, 6.07) is 18.1. The minimum Gasteiger partial charge on any atom is -0.505 e. The highest BCUT2D eigenvalue weighted by Crippen LogP contribution is 2.44. The second-order valence-corrected chi connectivity index (χ2v) is 5.83. The van der Waals surface area contributed by atoms with Crippen LogP contribution in [0.2, 0.25) is 0 Å². The van der Waals surface area contributed by atoms with E-state index >= 15 is 0 Å². The molecule has 2 aromatic carbocycles. The van der Waals surface area contributed by atoms with Crippen LogP contribution >= 0.6 is 0 Å². The number of rotatable bonds is 4. The standard InChI is InChI=1S/C20H22N2O/c1-3-8-14-9-7-12-16(13-14)17-19(23)18(22(2)20(17)21)15-10-5-4-6-11-15/h4-7,9-13,23H,3,8,21H2,1-2H3. The first-order valence-electron chi connectivity index (χ1n) is 7.95. The monoisotopic (exact) mass is 306 g/mol. The Hall–Kier alpha value is -2.68. The van der Waals surface area contributed by atoms with E-state index in [1.807, 2.05) is 54.1 Å². The van der Waals surface area contributed by atoms with E-state index in [4.69, 9.17) is 5.73 Å². The number of nitrogens with zero attached hydrogens (tertiary/aromatic N) is 1. The summed E-state index contributed by atoms with van der Waals surface area (Å²) < 4.78 is 1.85. The lowest BCUT2D eigenvalue weighted by molar-refractivity contribution is 0.479. The maximum absolute atomic E-state index is 10.8. The van der Waals surface area contributed by atoms with Crippen molar-refractivity contribution in [1.29, 1.82) is 0 Å². The molecule has 0 unspecified atom stereocenters. The maximum atomic E-state index is 10.8. The van der Waals surface area contributed by atoms with E-state index in [0.717, 1.165) is 29.7 Å². The van der Waals surface area contributed by atoms with Crippen molar-refractivity contribution in [1.82, 2.24) is 4.57 Å². The molecular formula is C20H22N2O. The Bertz CT molecular complexity index is 819. The van der Waals surface area contributed by atoms with Gasteiger partial charge >= 0.3 is 0 Å². The molecule has 0 fully saturated rings. The highest BCUT2D eigenvalue weighted by atomic mass is 16.3. The van der Waals surface area contributed by atoms with Gasteiger partial charge in [0.15, 0.2) is 5.75 Å². The van der Waals surface area contributed by atoms with Crippen LogP contribution in [-0.2, 0) is 13.5 Å². The van der Waals surface area contributed by atoms with Gasteiger partial charge in [-0.3, -0.25) is 0 Å². The fourth-order valence-electron chi connectivity index (χ4n) is 3.07. The molecule has 0 aliphatic heterocycles. The smallest absolute Gasteiger partial charge is 0.151 e. The quantitative estimate of drug-likeness (QED) is 0.740. The van der Waals surface area contributed by atoms with E-state index in [2.05, 4.69) is 19.1 Å². The number of aromatic hydroxyl groups is 1. The molecule has 3 rings (SSSR count). The van der Waals surface area contributed by atoms with Crippen molar-refractivity contribution in [2.24, 2.45) is 7.05 Å². The minimum atomic E-state index is 0.241. The van der Waals surface area contributed by atoms with E-state index in [1.165, 1.54) is 5.56 Å². The van der Waals surface area contributed by atoms with E-state index in [0.29, 0.717) is 11.4 Å². The average Bonchev–Trinajstić information content (AvgIpc) is 2.78. The topological polar surface area (TPSA) is 51.2 Å². The molecule has 0 spiro atoms. The summed E-state index contributed by atoms with van der Waals surface area (Å²) in [5, 5.41) is 10.8. The molecule has 23 heavy (non-hydrogen) atoms. The second kappa shape index (κ2) is 6.21. The zero-order chi connectivity index (χ0) is 16.4. The van der Waals surface area contributed by atoms with Gasteiger partial charge in [0.2, 0.25) is 0 Å². The van der Waals surface area contributed by atoms with Gasteiger partial charge in [-0.25, -0.2) is 0 Å². The lowest BCUT2D eigenvalue weighted by atomic mass is 10.0. The molecule has 3 nitrogen and oxygen atoms in total. The van der Waals surface area contributed by atoms with E-state index in [1.54, 1.807) is 0 Å². The molecule has 0 atom stereocenters. The Kier molecular flexibility index (Phi) is 4.11. The molecule has 0 amide bonds. The summed E-state index contributed by atoms with van der Waals surface area (Å²) in [4.78, 5) is 0. The zero-order valence-electron chi connectivity index (χ0n) is 13.6. The van der Waals surface area contributed by atoms with Crippen molar-refractivity contribution in [2.75, 3.05) is 5.73 Å². The average molecular weight is 306 g/mol. The van der Waals surface area contributed by atoms with Crippen molar-refractivity contribution >= 4 is 5.82 Å². The third-order valence-corrected chi connectivity index (χ3v) is 4.22. The number of aryl methyl sites for hydroxylation is 1. The van der Waals surface area contributed by atoms with Gasteiger partial charge in [-0.1, -0.05) is 67.9 Å². The molecule has 0 saturated heterocycles. The van der Waals surface area contributed by atoms with Gasteiger partial charge in [-0.15, -0.1) is 0 Å². The molecule has 3 heteroatoms. The van der Waals surface area contributed by atoms with Crippen molar-refractivity contribution < 1.29 is 5.11 Å². The first-order valence-corrected chi connectivity index (χ1v) is 7.95. The van der Waals surface area contributed by atoms with Crippen LogP contribution in [0.4, 0.5) is 5.82 Å². The predicted molar refractivity (Wildman–Crippen MR) is 96.4 cm³/mol. The third kappa shape index (κ3) is 2.70. The molecule has 3 N–H and O–H groups in total. The zero-order valence-corrected chi connectivity index (χ0v) is 13.6. The summed E-state index contributed by atoms with van der Waals surface area (Å²) in [6.45, 7) is 2.16. The second-order valence-electron chi connectivity index (χ2n) is 5.83. The van der Waals surface area contributed by atoms with Crippen LogP contribution in [0.25, 0.3) is 22.4 Å². The van der Waals surface area contributed by atoms with Crippen molar-refractivity contribution in [3.63, 3.8) is 0 Å². The molecule has 3 aromatic rings. The highest BCUT2D eigenvalue weighted by molar-refractivity contribution is 5.89. The molecule has 0 bridgehead atoms. The Morgan fingerprint density at radius 3 is 2.39 bits per heavy atom. The molecule has 1 aromatic heterocycles. The number of nitrogens with two attached hydrogens (primary N) is 1. The molecule has 1 heterocycles. The molecular weight excluding hydrogens is 284 g/mol. The number of nitrogen functional groups attached to an aromatic ring is 1.